The van der Waals surface area contributed by atoms with E-state index in [0.717, 1.165) is 34.1 Å². The molecule has 0 aromatic heterocycles. The standard InChI is InChI=1S/C29H23BrN4O10/c1-4-44-27(39)18-13(2)29(30)21-19(23(35)31(25(21)37)14-5-9-16(10-6-14)33(40)41)28(18,3)20-22(29)26(38)32(24(20)36)15-7-11-17(12-8-15)34(42)43/h5-12,19-22H,4H2,1-3H3/t19-,20+,21+,22-,28?,29?. The quantitative estimate of drug-likeness (QED) is 0.145. The van der Waals surface area contributed by atoms with Crippen molar-refractivity contribution >= 4 is 68.3 Å². The van der Waals surface area contributed by atoms with Crippen molar-refractivity contribution in [2.24, 2.45) is 29.1 Å². The Morgan fingerprint density at radius 3 is 1.50 bits per heavy atom. The predicted octanol–water partition coefficient (Wildman–Crippen LogP) is 3.46. The predicted molar refractivity (Wildman–Crippen MR) is 154 cm³/mol. The number of hydrogen-bond acceptors (Lipinski definition) is 10. The number of ether oxygens (including phenoxy) is 1. The van der Waals surface area contributed by atoms with Crippen LogP contribution in [0.3, 0.4) is 0 Å². The van der Waals surface area contributed by atoms with Gasteiger partial charge in [0.1, 0.15) is 0 Å². The minimum absolute atomic E-state index is 0.0112. The van der Waals surface area contributed by atoms with Crippen LogP contribution in [0.2, 0.25) is 0 Å². The maximum absolute atomic E-state index is 14.3. The summed E-state index contributed by atoms with van der Waals surface area (Å²) in [6.45, 7) is 4.64. The summed E-state index contributed by atoms with van der Waals surface area (Å²) < 4.78 is 3.69. The second-order valence-corrected chi connectivity index (χ2v) is 12.6. The van der Waals surface area contributed by atoms with Crippen molar-refractivity contribution in [1.29, 1.82) is 0 Å². The van der Waals surface area contributed by atoms with Gasteiger partial charge in [-0.1, -0.05) is 22.9 Å². The Kier molecular flexibility index (Phi) is 6.39. The Hall–Kier alpha value is -4.79. The van der Waals surface area contributed by atoms with Gasteiger partial charge in [0.2, 0.25) is 23.6 Å². The Bertz CT molecular complexity index is 1650. The molecule has 2 bridgehead atoms. The van der Waals surface area contributed by atoms with Crippen LogP contribution in [0, 0.1) is 49.3 Å². The molecule has 0 radical (unpaired) electrons. The molecule has 2 saturated heterocycles. The van der Waals surface area contributed by atoms with Crippen molar-refractivity contribution in [2.75, 3.05) is 16.4 Å². The molecular weight excluding hydrogens is 644 g/mol. The molecule has 2 aromatic carbocycles. The van der Waals surface area contributed by atoms with Gasteiger partial charge in [-0.25, -0.2) is 14.6 Å². The number of anilines is 2. The third-order valence-corrected chi connectivity index (χ3v) is 11.0. The van der Waals surface area contributed by atoms with E-state index in [4.69, 9.17) is 4.74 Å². The summed E-state index contributed by atoms with van der Waals surface area (Å²) in [5.41, 5.74) is -1.79. The monoisotopic (exact) mass is 666 g/mol. The van der Waals surface area contributed by atoms with Gasteiger partial charge in [-0.3, -0.25) is 39.4 Å². The van der Waals surface area contributed by atoms with Crippen LogP contribution in [0.15, 0.2) is 59.7 Å². The fourth-order valence-electron chi connectivity index (χ4n) is 7.69. The first-order chi connectivity index (χ1) is 20.7. The highest BCUT2D eigenvalue weighted by Gasteiger charge is 2.81. The SMILES string of the molecule is CCOC(=O)C1=C(C)C2(Br)[C@@H]3C(=O)N(c4ccc([N+](=O)[O-])cc4)C(=O)[C@@H]3C1(C)[C@@H]1C(=O)N(c3ccc([N+](=O)[O-])cc3)C(=O)[C@@H]12. The summed E-state index contributed by atoms with van der Waals surface area (Å²) in [4.78, 5) is 93.4. The zero-order chi connectivity index (χ0) is 32.0. The highest BCUT2D eigenvalue weighted by Crippen LogP contribution is 2.72. The fraction of sp³-hybridized carbons (Fsp3) is 0.345. The number of nitro benzene ring substituents is 2. The zero-order valence-corrected chi connectivity index (χ0v) is 25.0. The average molecular weight is 667 g/mol. The Balaban J connectivity index is 1.54. The van der Waals surface area contributed by atoms with E-state index in [2.05, 4.69) is 15.9 Å². The lowest BCUT2D eigenvalue weighted by Crippen LogP contribution is -2.67. The summed E-state index contributed by atoms with van der Waals surface area (Å²) in [6.07, 6.45) is 0. The topological polar surface area (TPSA) is 187 Å². The molecule has 44 heavy (non-hydrogen) atoms. The molecule has 15 heteroatoms. The first-order valence-corrected chi connectivity index (χ1v) is 14.3. The van der Waals surface area contributed by atoms with Crippen LogP contribution in [0.4, 0.5) is 22.7 Å². The number of alkyl halides is 1. The molecule has 2 aromatic rings. The van der Waals surface area contributed by atoms with Crippen molar-refractivity contribution in [1.82, 2.24) is 0 Å². The van der Waals surface area contributed by atoms with Gasteiger partial charge in [-0.2, -0.15) is 0 Å². The third kappa shape index (κ3) is 3.49. The molecule has 0 N–H and O–H groups in total. The summed E-state index contributed by atoms with van der Waals surface area (Å²) in [5, 5.41) is 22.4. The summed E-state index contributed by atoms with van der Waals surface area (Å²) >= 11 is 3.65. The Labute approximate surface area is 257 Å². The Morgan fingerprint density at radius 2 is 1.16 bits per heavy atom. The van der Waals surface area contributed by atoms with Gasteiger partial charge >= 0.3 is 5.97 Å². The molecule has 5 aliphatic rings. The molecule has 2 unspecified atom stereocenters. The van der Waals surface area contributed by atoms with E-state index in [1.54, 1.807) is 13.8 Å². The number of esters is 1. The van der Waals surface area contributed by atoms with Crippen LogP contribution in [-0.4, -0.2) is 50.4 Å². The number of allylic oxidation sites excluding steroid dienone is 1. The van der Waals surface area contributed by atoms with Gasteiger partial charge in [0.05, 0.1) is 55.8 Å². The van der Waals surface area contributed by atoms with E-state index < -0.39 is 72.9 Å². The number of carbonyl (C=O) groups excluding carboxylic acids is 5. The van der Waals surface area contributed by atoms with Crippen LogP contribution in [0.5, 0.6) is 0 Å². The van der Waals surface area contributed by atoms with Gasteiger partial charge in [-0.05, 0) is 43.7 Å². The molecule has 7 rings (SSSR count). The normalized spacial score (nSPS) is 30.5. The minimum atomic E-state index is -1.69. The number of rotatable bonds is 6. The van der Waals surface area contributed by atoms with Crippen molar-refractivity contribution < 1.29 is 38.6 Å². The van der Waals surface area contributed by atoms with Gasteiger partial charge in [-0.15, -0.1) is 0 Å². The van der Waals surface area contributed by atoms with Crippen molar-refractivity contribution in [3.63, 3.8) is 0 Å². The number of carbonyl (C=O) groups is 5. The van der Waals surface area contributed by atoms with Gasteiger partial charge in [0, 0.05) is 35.3 Å². The molecule has 14 nitrogen and oxygen atoms in total. The second-order valence-electron chi connectivity index (χ2n) is 11.3. The van der Waals surface area contributed by atoms with Gasteiger partial charge in [0.25, 0.3) is 11.4 Å². The van der Waals surface area contributed by atoms with Crippen LogP contribution in [0.1, 0.15) is 20.8 Å². The van der Waals surface area contributed by atoms with E-state index in [1.165, 1.54) is 31.2 Å². The number of halogens is 1. The minimum Gasteiger partial charge on any atom is -0.463 e. The smallest absolute Gasteiger partial charge is 0.334 e. The van der Waals surface area contributed by atoms with Gasteiger partial charge in [0.15, 0.2) is 0 Å². The van der Waals surface area contributed by atoms with Crippen LogP contribution in [-0.2, 0) is 28.7 Å². The first kappa shape index (κ1) is 29.3. The summed E-state index contributed by atoms with van der Waals surface area (Å²) in [6, 6.07) is 9.63. The molecule has 226 valence electrons. The number of nitro groups is 2. The van der Waals surface area contributed by atoms with Crippen LogP contribution < -0.4 is 9.80 Å². The number of non-ortho nitro benzene ring substituents is 2. The zero-order valence-electron chi connectivity index (χ0n) is 23.4. The molecule has 2 aliphatic heterocycles. The molecule has 6 atom stereocenters. The van der Waals surface area contributed by atoms with Crippen molar-refractivity contribution in [2.45, 2.75) is 25.1 Å². The number of benzene rings is 2. The maximum Gasteiger partial charge on any atom is 0.334 e. The van der Waals surface area contributed by atoms with E-state index in [1.807, 2.05) is 0 Å². The molecular formula is C29H23BrN4O10. The van der Waals surface area contributed by atoms with Crippen LogP contribution in [0.25, 0.3) is 0 Å². The highest BCUT2D eigenvalue weighted by molar-refractivity contribution is 9.10. The van der Waals surface area contributed by atoms with Crippen LogP contribution >= 0.6 is 15.9 Å². The van der Waals surface area contributed by atoms with E-state index in [9.17, 15) is 44.2 Å². The first-order valence-electron chi connectivity index (χ1n) is 13.5. The van der Waals surface area contributed by atoms with E-state index in [0.29, 0.717) is 0 Å². The Morgan fingerprint density at radius 1 is 0.795 bits per heavy atom. The highest BCUT2D eigenvalue weighted by atomic mass is 79.9. The molecule has 2 heterocycles. The summed E-state index contributed by atoms with van der Waals surface area (Å²) in [5.74, 6) is -8.71. The average Bonchev–Trinajstić information content (AvgIpc) is 3.42. The lowest BCUT2D eigenvalue weighted by atomic mass is 9.43. The van der Waals surface area contributed by atoms with Crippen molar-refractivity contribution in [3.05, 3.63) is 79.9 Å². The molecule has 3 fully saturated rings. The summed E-state index contributed by atoms with van der Waals surface area (Å²) in [7, 11) is 0. The van der Waals surface area contributed by atoms with E-state index >= 15 is 0 Å². The number of hydrogen-bond donors (Lipinski definition) is 0. The number of imide groups is 2. The largest absolute Gasteiger partial charge is 0.463 e. The van der Waals surface area contributed by atoms with E-state index in [-0.39, 0.29) is 40.5 Å². The number of amides is 4. The lowest BCUT2D eigenvalue weighted by molar-refractivity contribution is -0.385. The second kappa shape index (κ2) is 9.61. The molecule has 1 saturated carbocycles. The molecule has 3 aliphatic carbocycles. The van der Waals surface area contributed by atoms with Gasteiger partial charge < -0.3 is 4.74 Å². The molecule has 4 amide bonds. The lowest BCUT2D eigenvalue weighted by Gasteiger charge is -2.59. The fourth-order valence-corrected chi connectivity index (χ4v) is 8.80. The third-order valence-electron chi connectivity index (χ3n) is 9.42. The maximum atomic E-state index is 14.3. The molecule has 0 spiro atoms. The number of nitrogens with zero attached hydrogens (tertiary/aromatic N) is 4. The van der Waals surface area contributed by atoms with Crippen molar-refractivity contribution in [3.8, 4) is 0 Å².